The van der Waals surface area contributed by atoms with Gasteiger partial charge in [0.2, 0.25) is 0 Å². The highest BCUT2D eigenvalue weighted by molar-refractivity contribution is 7.99. The molecule has 0 aromatic carbocycles. The second-order valence-corrected chi connectivity index (χ2v) is 6.43. The summed E-state index contributed by atoms with van der Waals surface area (Å²) in [4.78, 5) is 14.1. The zero-order valence-corrected chi connectivity index (χ0v) is 11.3. The van der Waals surface area contributed by atoms with Crippen molar-refractivity contribution in [2.75, 3.05) is 19.3 Å². The number of hydrogen-bond donors (Lipinski definition) is 0. The predicted molar refractivity (Wildman–Crippen MR) is 69.9 cm³/mol. The number of nitrogens with zero attached hydrogens (tertiary/aromatic N) is 1. The molecule has 0 aromatic heterocycles. The van der Waals surface area contributed by atoms with Gasteiger partial charge in [0.05, 0.1) is 0 Å². The number of Topliss-reactive ketones (excluding diaryl/α,β-unsaturated/α-hetero) is 1. The maximum atomic E-state index is 11.5. The van der Waals surface area contributed by atoms with Gasteiger partial charge in [-0.2, -0.15) is 11.8 Å². The van der Waals surface area contributed by atoms with Gasteiger partial charge >= 0.3 is 0 Å². The molecule has 16 heavy (non-hydrogen) atoms. The minimum Gasteiger partial charge on any atom is -0.299 e. The topological polar surface area (TPSA) is 20.3 Å². The van der Waals surface area contributed by atoms with Crippen LogP contribution in [0.2, 0.25) is 0 Å². The molecule has 2 aliphatic rings. The van der Waals surface area contributed by atoms with Crippen LogP contribution in [-0.4, -0.2) is 41.3 Å². The average Bonchev–Trinajstić information content (AvgIpc) is 2.33. The summed E-state index contributed by atoms with van der Waals surface area (Å²) in [5.41, 5.74) is 0. The highest BCUT2D eigenvalue weighted by atomic mass is 32.2. The summed E-state index contributed by atoms with van der Waals surface area (Å²) in [6.45, 7) is 4.10. The van der Waals surface area contributed by atoms with E-state index in [4.69, 9.17) is 0 Å². The molecule has 2 fully saturated rings. The summed E-state index contributed by atoms with van der Waals surface area (Å²) >= 11 is 2.02. The molecular formula is C13H23NOS. The van der Waals surface area contributed by atoms with Gasteiger partial charge in [-0.05, 0) is 25.5 Å². The van der Waals surface area contributed by atoms with Gasteiger partial charge in [-0.15, -0.1) is 0 Å². The molecule has 1 aliphatic carbocycles. The van der Waals surface area contributed by atoms with Crippen molar-refractivity contribution >= 4 is 17.5 Å². The third-order valence-electron chi connectivity index (χ3n) is 4.15. The first-order valence-corrected chi connectivity index (χ1v) is 7.79. The summed E-state index contributed by atoms with van der Waals surface area (Å²) in [7, 11) is 0. The fraction of sp³-hybridized carbons (Fsp3) is 0.923. The lowest BCUT2D eigenvalue weighted by atomic mass is 9.90. The van der Waals surface area contributed by atoms with Crippen molar-refractivity contribution in [1.29, 1.82) is 0 Å². The van der Waals surface area contributed by atoms with Crippen LogP contribution in [0.5, 0.6) is 0 Å². The van der Waals surface area contributed by atoms with E-state index in [1.165, 1.54) is 25.7 Å². The second-order valence-electron chi connectivity index (χ2n) is 5.29. The number of ketones is 1. The highest BCUT2D eigenvalue weighted by Crippen LogP contribution is 2.31. The summed E-state index contributed by atoms with van der Waals surface area (Å²) in [6, 6.07) is 0.752. The van der Waals surface area contributed by atoms with Crippen LogP contribution in [0.15, 0.2) is 0 Å². The molecule has 1 aliphatic heterocycles. The number of piperidine rings is 1. The van der Waals surface area contributed by atoms with Gasteiger partial charge in [-0.3, -0.25) is 9.69 Å². The molecule has 2 rings (SSSR count). The molecule has 0 aromatic rings. The van der Waals surface area contributed by atoms with Crippen LogP contribution in [0.4, 0.5) is 0 Å². The Morgan fingerprint density at radius 2 is 2.19 bits per heavy atom. The van der Waals surface area contributed by atoms with E-state index >= 15 is 0 Å². The molecule has 0 spiro atoms. The van der Waals surface area contributed by atoms with Gasteiger partial charge < -0.3 is 0 Å². The lowest BCUT2D eigenvalue weighted by molar-refractivity contribution is -0.126. The zero-order valence-electron chi connectivity index (χ0n) is 10.4. The Morgan fingerprint density at radius 3 is 2.88 bits per heavy atom. The van der Waals surface area contributed by atoms with Crippen LogP contribution in [0, 0.1) is 5.92 Å². The van der Waals surface area contributed by atoms with Crippen molar-refractivity contribution in [1.82, 2.24) is 4.90 Å². The van der Waals surface area contributed by atoms with Crippen molar-refractivity contribution in [2.24, 2.45) is 5.92 Å². The molecule has 2 nitrogen and oxygen atoms in total. The molecule has 3 unspecified atom stereocenters. The third kappa shape index (κ3) is 2.80. The Hall–Kier alpha value is -0.0200. The average molecular weight is 241 g/mol. The Bertz CT molecular complexity index is 256. The summed E-state index contributed by atoms with van der Waals surface area (Å²) in [6.07, 6.45) is 8.45. The maximum Gasteiger partial charge on any atom is 0.138 e. The molecule has 1 saturated carbocycles. The predicted octanol–water partition coefficient (Wildman–Crippen LogP) is 2.57. The first-order chi connectivity index (χ1) is 7.70. The van der Waals surface area contributed by atoms with E-state index in [0.717, 1.165) is 30.8 Å². The Morgan fingerprint density at radius 1 is 1.38 bits per heavy atom. The monoisotopic (exact) mass is 241 g/mol. The molecular weight excluding hydrogens is 218 g/mol. The first kappa shape index (κ1) is 12.4. The quantitative estimate of drug-likeness (QED) is 0.741. The largest absolute Gasteiger partial charge is 0.299 e. The molecule has 92 valence electrons. The Labute approximate surface area is 103 Å². The maximum absolute atomic E-state index is 11.5. The minimum absolute atomic E-state index is 0.267. The number of carbonyl (C=O) groups excluding carboxylic acids is 1. The van der Waals surface area contributed by atoms with Gasteiger partial charge in [0, 0.05) is 36.7 Å². The lowest BCUT2D eigenvalue weighted by Crippen LogP contribution is -2.47. The van der Waals surface area contributed by atoms with E-state index in [0.29, 0.717) is 5.78 Å². The minimum atomic E-state index is 0.267. The van der Waals surface area contributed by atoms with Gasteiger partial charge in [-0.1, -0.05) is 13.3 Å². The molecule has 0 amide bonds. The van der Waals surface area contributed by atoms with Crippen molar-refractivity contribution in [2.45, 2.75) is 50.3 Å². The molecule has 0 N–H and O–H groups in total. The van der Waals surface area contributed by atoms with Gasteiger partial charge in [0.1, 0.15) is 5.78 Å². The van der Waals surface area contributed by atoms with Gasteiger partial charge in [0.25, 0.3) is 0 Å². The summed E-state index contributed by atoms with van der Waals surface area (Å²) < 4.78 is 0. The van der Waals surface area contributed by atoms with Crippen LogP contribution in [-0.2, 0) is 4.79 Å². The standard InChI is InChI=1S/C13H23NOS/c1-10-9-14(7-6-13(10)15)11-4-3-5-12(8-11)16-2/h10-12H,3-9H2,1-2H3. The fourth-order valence-corrected chi connectivity index (χ4v) is 3.86. The highest BCUT2D eigenvalue weighted by Gasteiger charge is 2.31. The number of carbonyl (C=O) groups is 1. The number of hydrogen-bond acceptors (Lipinski definition) is 3. The third-order valence-corrected chi connectivity index (χ3v) is 5.25. The molecule has 1 heterocycles. The van der Waals surface area contributed by atoms with Crippen LogP contribution < -0.4 is 0 Å². The molecule has 0 bridgehead atoms. The normalized spacial score (nSPS) is 37.6. The van der Waals surface area contributed by atoms with Crippen molar-refractivity contribution in [3.05, 3.63) is 0 Å². The number of thioether (sulfide) groups is 1. The molecule has 0 radical (unpaired) electrons. The fourth-order valence-electron chi connectivity index (χ4n) is 3.04. The van der Waals surface area contributed by atoms with Gasteiger partial charge in [0.15, 0.2) is 0 Å². The SMILES string of the molecule is CSC1CCCC(N2CCC(=O)C(C)C2)C1. The van der Waals surface area contributed by atoms with Crippen molar-refractivity contribution in [3.63, 3.8) is 0 Å². The van der Waals surface area contributed by atoms with E-state index in [1.807, 2.05) is 11.8 Å². The van der Waals surface area contributed by atoms with Crippen LogP contribution in [0.3, 0.4) is 0 Å². The van der Waals surface area contributed by atoms with Crippen LogP contribution in [0.25, 0.3) is 0 Å². The van der Waals surface area contributed by atoms with E-state index in [9.17, 15) is 4.79 Å². The van der Waals surface area contributed by atoms with E-state index in [-0.39, 0.29) is 5.92 Å². The Balaban J connectivity index is 1.89. The van der Waals surface area contributed by atoms with Crippen molar-refractivity contribution in [3.8, 4) is 0 Å². The Kier molecular flexibility index (Phi) is 4.31. The number of rotatable bonds is 2. The first-order valence-electron chi connectivity index (χ1n) is 6.50. The lowest BCUT2D eigenvalue weighted by Gasteiger charge is -2.40. The van der Waals surface area contributed by atoms with E-state index in [1.54, 1.807) is 0 Å². The molecule has 3 heteroatoms. The van der Waals surface area contributed by atoms with E-state index < -0.39 is 0 Å². The summed E-state index contributed by atoms with van der Waals surface area (Å²) in [5.74, 6) is 0.733. The zero-order chi connectivity index (χ0) is 11.5. The second kappa shape index (κ2) is 5.54. The smallest absolute Gasteiger partial charge is 0.138 e. The van der Waals surface area contributed by atoms with Crippen LogP contribution in [0.1, 0.15) is 39.0 Å². The van der Waals surface area contributed by atoms with E-state index in [2.05, 4.69) is 18.1 Å². The van der Waals surface area contributed by atoms with Gasteiger partial charge in [-0.25, -0.2) is 0 Å². The molecule has 1 saturated heterocycles. The van der Waals surface area contributed by atoms with Crippen LogP contribution >= 0.6 is 11.8 Å². The summed E-state index contributed by atoms with van der Waals surface area (Å²) in [5, 5.41) is 0.853. The van der Waals surface area contributed by atoms with Crippen molar-refractivity contribution < 1.29 is 4.79 Å². The molecule has 3 atom stereocenters. The number of likely N-dealkylation sites (tertiary alicyclic amines) is 1.